The van der Waals surface area contributed by atoms with Gasteiger partial charge in [-0.25, -0.2) is 4.39 Å². The third-order valence-corrected chi connectivity index (χ3v) is 4.53. The van der Waals surface area contributed by atoms with Crippen molar-refractivity contribution >= 4 is 0 Å². The molecule has 0 radical (unpaired) electrons. The second-order valence-corrected chi connectivity index (χ2v) is 6.20. The predicted octanol–water partition coefficient (Wildman–Crippen LogP) is 3.85. The zero-order valence-electron chi connectivity index (χ0n) is 14.3. The van der Waals surface area contributed by atoms with Crippen LogP contribution < -0.4 is 10.1 Å². The van der Waals surface area contributed by atoms with E-state index < -0.39 is 23.6 Å². The summed E-state index contributed by atoms with van der Waals surface area (Å²) in [4.78, 5) is 2.04. The molecule has 3 rings (SSSR count). The molecule has 0 bridgehead atoms. The summed E-state index contributed by atoms with van der Waals surface area (Å²) in [5.74, 6) is 0.000236. The van der Waals surface area contributed by atoms with Crippen LogP contribution in [0, 0.1) is 5.82 Å². The monoisotopic (exact) mass is 368 g/mol. The van der Waals surface area contributed by atoms with Crippen molar-refractivity contribution in [1.29, 1.82) is 0 Å². The number of alkyl halides is 3. The number of halogens is 4. The maximum absolute atomic E-state index is 13.9. The van der Waals surface area contributed by atoms with Crippen molar-refractivity contribution in [1.82, 2.24) is 10.2 Å². The van der Waals surface area contributed by atoms with Crippen molar-refractivity contribution in [2.45, 2.75) is 12.2 Å². The molecule has 2 aromatic rings. The molecule has 26 heavy (non-hydrogen) atoms. The van der Waals surface area contributed by atoms with Gasteiger partial charge >= 0.3 is 6.18 Å². The maximum atomic E-state index is 13.9. The second kappa shape index (κ2) is 7.63. The van der Waals surface area contributed by atoms with E-state index in [1.54, 1.807) is 6.07 Å². The normalized spacial score (nSPS) is 17.1. The van der Waals surface area contributed by atoms with Gasteiger partial charge in [-0.3, -0.25) is 4.90 Å². The number of piperazine rings is 1. The highest BCUT2D eigenvalue weighted by molar-refractivity contribution is 5.43. The molecule has 1 aliphatic rings. The summed E-state index contributed by atoms with van der Waals surface area (Å²) in [5.41, 5.74) is 0.268. The van der Waals surface area contributed by atoms with Crippen LogP contribution >= 0.6 is 0 Å². The molecule has 1 heterocycles. The van der Waals surface area contributed by atoms with Gasteiger partial charge in [-0.05, 0) is 35.9 Å². The van der Waals surface area contributed by atoms with Gasteiger partial charge in [0, 0.05) is 31.7 Å². The van der Waals surface area contributed by atoms with Crippen LogP contribution in [0.15, 0.2) is 42.5 Å². The van der Waals surface area contributed by atoms with Crippen LogP contribution in [0.5, 0.6) is 5.75 Å². The van der Waals surface area contributed by atoms with E-state index in [-0.39, 0.29) is 0 Å². The molecule has 1 aliphatic heterocycles. The third-order valence-electron chi connectivity index (χ3n) is 4.53. The molecule has 7 heteroatoms. The molecule has 140 valence electrons. The van der Waals surface area contributed by atoms with Crippen LogP contribution in [0.4, 0.5) is 17.6 Å². The van der Waals surface area contributed by atoms with Gasteiger partial charge in [0.25, 0.3) is 0 Å². The van der Waals surface area contributed by atoms with E-state index in [0.29, 0.717) is 43.1 Å². The summed E-state index contributed by atoms with van der Waals surface area (Å²) in [6, 6.07) is 8.82. The lowest BCUT2D eigenvalue weighted by Crippen LogP contribution is -2.45. The van der Waals surface area contributed by atoms with Gasteiger partial charge in [-0.2, -0.15) is 13.2 Å². The standard InChI is InChI=1S/C19H20F4N2O/c1-26-17-6-5-15(20)12-16(17)18(25-9-7-24-8-10-25)13-3-2-4-14(11-13)19(21,22)23/h2-6,11-12,18,24H,7-10H2,1H3. The molecule has 1 unspecified atom stereocenters. The fourth-order valence-electron chi connectivity index (χ4n) is 3.33. The average molecular weight is 368 g/mol. The van der Waals surface area contributed by atoms with E-state index in [1.165, 1.54) is 31.4 Å². The fraction of sp³-hybridized carbons (Fsp3) is 0.368. The van der Waals surface area contributed by atoms with Crippen molar-refractivity contribution in [2.75, 3.05) is 33.3 Å². The highest BCUT2D eigenvalue weighted by atomic mass is 19.4. The Morgan fingerprint density at radius 1 is 1.08 bits per heavy atom. The lowest BCUT2D eigenvalue weighted by atomic mass is 9.94. The van der Waals surface area contributed by atoms with Crippen molar-refractivity contribution in [3.63, 3.8) is 0 Å². The Hall–Kier alpha value is -2.12. The smallest absolute Gasteiger partial charge is 0.416 e. The molecule has 0 spiro atoms. The van der Waals surface area contributed by atoms with E-state index in [9.17, 15) is 17.6 Å². The van der Waals surface area contributed by atoms with Gasteiger partial charge in [0.2, 0.25) is 0 Å². The number of methoxy groups -OCH3 is 1. The zero-order chi connectivity index (χ0) is 18.7. The molecule has 0 aliphatic carbocycles. The van der Waals surface area contributed by atoms with Gasteiger partial charge in [0.15, 0.2) is 0 Å². The van der Waals surface area contributed by atoms with Gasteiger partial charge in [-0.15, -0.1) is 0 Å². The molecule has 0 aromatic heterocycles. The summed E-state index contributed by atoms with van der Waals surface area (Å²) < 4.78 is 58.8. The fourth-order valence-corrected chi connectivity index (χ4v) is 3.33. The lowest BCUT2D eigenvalue weighted by Gasteiger charge is -2.36. The number of rotatable bonds is 4. The van der Waals surface area contributed by atoms with Crippen LogP contribution in [0.3, 0.4) is 0 Å². The van der Waals surface area contributed by atoms with Crippen LogP contribution in [0.1, 0.15) is 22.7 Å². The first kappa shape index (κ1) is 18.7. The Morgan fingerprint density at radius 3 is 2.46 bits per heavy atom. The summed E-state index contributed by atoms with van der Waals surface area (Å²) in [7, 11) is 1.47. The Labute approximate surface area is 149 Å². The maximum Gasteiger partial charge on any atom is 0.416 e. The van der Waals surface area contributed by atoms with Crippen molar-refractivity contribution in [2.24, 2.45) is 0 Å². The molecule has 1 N–H and O–H groups in total. The number of nitrogens with one attached hydrogen (secondary N) is 1. The molecule has 1 fully saturated rings. The number of benzene rings is 2. The van der Waals surface area contributed by atoms with E-state index in [4.69, 9.17) is 4.74 Å². The first-order valence-corrected chi connectivity index (χ1v) is 8.35. The van der Waals surface area contributed by atoms with Gasteiger partial charge in [-0.1, -0.05) is 12.1 Å². The number of ether oxygens (including phenoxy) is 1. The van der Waals surface area contributed by atoms with Crippen molar-refractivity contribution in [3.05, 3.63) is 65.0 Å². The molecule has 1 saturated heterocycles. The highest BCUT2D eigenvalue weighted by Crippen LogP contribution is 2.38. The van der Waals surface area contributed by atoms with E-state index >= 15 is 0 Å². The van der Waals surface area contributed by atoms with Gasteiger partial charge < -0.3 is 10.1 Å². The Bertz CT molecular complexity index is 757. The van der Waals surface area contributed by atoms with Gasteiger partial charge in [0.05, 0.1) is 18.7 Å². The first-order chi connectivity index (χ1) is 12.4. The van der Waals surface area contributed by atoms with Crippen LogP contribution in [0.25, 0.3) is 0 Å². The number of hydrogen-bond donors (Lipinski definition) is 1. The minimum absolute atomic E-state index is 0.451. The highest BCUT2D eigenvalue weighted by Gasteiger charge is 2.33. The van der Waals surface area contributed by atoms with E-state index in [0.717, 1.165) is 12.1 Å². The average Bonchev–Trinajstić information content (AvgIpc) is 2.63. The second-order valence-electron chi connectivity index (χ2n) is 6.20. The molecular formula is C19H20F4N2O. The Morgan fingerprint density at radius 2 is 1.81 bits per heavy atom. The molecule has 0 saturated carbocycles. The predicted molar refractivity (Wildman–Crippen MR) is 90.7 cm³/mol. The third kappa shape index (κ3) is 3.99. The summed E-state index contributed by atoms with van der Waals surface area (Å²) in [6.07, 6.45) is -4.43. The summed E-state index contributed by atoms with van der Waals surface area (Å²) in [5, 5.41) is 3.22. The summed E-state index contributed by atoms with van der Waals surface area (Å²) >= 11 is 0. The van der Waals surface area contributed by atoms with Gasteiger partial charge in [0.1, 0.15) is 11.6 Å². The Balaban J connectivity index is 2.12. The zero-order valence-corrected chi connectivity index (χ0v) is 14.3. The molecule has 3 nitrogen and oxygen atoms in total. The Kier molecular flexibility index (Phi) is 5.48. The minimum Gasteiger partial charge on any atom is -0.496 e. The van der Waals surface area contributed by atoms with Crippen molar-refractivity contribution in [3.8, 4) is 5.75 Å². The quantitative estimate of drug-likeness (QED) is 0.830. The van der Waals surface area contributed by atoms with Crippen molar-refractivity contribution < 1.29 is 22.3 Å². The number of nitrogens with zero attached hydrogens (tertiary/aromatic N) is 1. The van der Waals surface area contributed by atoms with Crippen LogP contribution in [0.2, 0.25) is 0 Å². The van der Waals surface area contributed by atoms with Crippen LogP contribution in [-0.4, -0.2) is 38.2 Å². The minimum atomic E-state index is -4.43. The summed E-state index contributed by atoms with van der Waals surface area (Å²) in [6.45, 7) is 2.71. The largest absolute Gasteiger partial charge is 0.496 e. The molecule has 1 atom stereocenters. The molecular weight excluding hydrogens is 348 g/mol. The van der Waals surface area contributed by atoms with E-state index in [1.807, 2.05) is 4.90 Å². The van der Waals surface area contributed by atoms with E-state index in [2.05, 4.69) is 5.32 Å². The number of hydrogen-bond acceptors (Lipinski definition) is 3. The molecule has 0 amide bonds. The first-order valence-electron chi connectivity index (χ1n) is 8.35. The van der Waals surface area contributed by atoms with Crippen LogP contribution in [-0.2, 0) is 6.18 Å². The lowest BCUT2D eigenvalue weighted by molar-refractivity contribution is -0.137. The SMILES string of the molecule is COc1ccc(F)cc1C(c1cccc(C(F)(F)F)c1)N1CCNCC1. The topological polar surface area (TPSA) is 24.5 Å². The molecule has 2 aromatic carbocycles.